The Hall–Kier alpha value is 1.32. The molecule has 19 heavy (non-hydrogen) atoms. The van der Waals surface area contributed by atoms with Gasteiger partial charge in [-0.3, -0.25) is 9.59 Å². The van der Waals surface area contributed by atoms with E-state index in [2.05, 4.69) is 8.37 Å². The molecule has 0 heterocycles. The first kappa shape index (κ1) is 20.3. The molecule has 0 amide bonds. The highest BCUT2D eigenvalue weighted by Gasteiger charge is 2.04. The van der Waals surface area contributed by atoms with Gasteiger partial charge >= 0.3 is 0 Å². The Bertz CT molecular complexity index is 230. The average molecular weight is 383 g/mol. The topological polar surface area (TPSA) is 61.8 Å². The Morgan fingerprint density at radius 3 is 1.63 bits per heavy atom. The van der Waals surface area contributed by atoms with Crippen LogP contribution in [0.25, 0.3) is 0 Å². The third-order valence-electron chi connectivity index (χ3n) is 1.18. The fraction of sp³-hybridized carbons (Fsp3) is 0.750. The lowest BCUT2D eigenvalue weighted by Crippen LogP contribution is -2.00. The second kappa shape index (κ2) is 15.7. The molecule has 0 unspecified atom stereocenters. The van der Waals surface area contributed by atoms with E-state index in [0.717, 1.165) is 57.2 Å². The molecule has 11 heteroatoms. The maximum atomic E-state index is 11.0. The molecular formula is C8H14O5S6. The molecule has 0 radical (unpaired) electrons. The molecule has 0 aliphatic carbocycles. The molecule has 0 spiro atoms. The highest BCUT2D eigenvalue weighted by Crippen LogP contribution is 2.29. The summed E-state index contributed by atoms with van der Waals surface area (Å²) < 4.78 is 14.4. The van der Waals surface area contributed by atoms with Crippen LogP contribution in [0.3, 0.4) is 0 Å². The number of ether oxygens (including phenoxy) is 1. The molecule has 0 bridgehead atoms. The van der Waals surface area contributed by atoms with Gasteiger partial charge in [0.1, 0.15) is 0 Å². The first-order valence-corrected chi connectivity index (χ1v) is 11.0. The van der Waals surface area contributed by atoms with Crippen molar-refractivity contribution in [2.45, 2.75) is 0 Å². The van der Waals surface area contributed by atoms with Crippen molar-refractivity contribution in [2.24, 2.45) is 0 Å². The Balaban J connectivity index is 3.15. The Morgan fingerprint density at radius 2 is 1.26 bits per heavy atom. The zero-order valence-corrected chi connectivity index (χ0v) is 15.2. The van der Waals surface area contributed by atoms with Gasteiger partial charge in [0, 0.05) is 11.5 Å². The molecule has 0 fully saturated rings. The monoisotopic (exact) mass is 382 g/mol. The van der Waals surface area contributed by atoms with E-state index in [1.54, 1.807) is 0 Å². The summed E-state index contributed by atoms with van der Waals surface area (Å²) in [4.78, 5) is 22.0. The summed E-state index contributed by atoms with van der Waals surface area (Å²) in [5.74, 6) is 1.47. The molecule has 0 rings (SSSR count). The smallest absolute Gasteiger partial charge is 0.283 e. The molecule has 0 aliphatic heterocycles. The summed E-state index contributed by atoms with van der Waals surface area (Å²) in [5.41, 5.74) is 0. The summed E-state index contributed by atoms with van der Waals surface area (Å²) in [6, 6.07) is 0. The summed E-state index contributed by atoms with van der Waals surface area (Å²) in [5, 5.41) is 0. The molecule has 0 aliphatic rings. The predicted molar refractivity (Wildman–Crippen MR) is 90.9 cm³/mol. The van der Waals surface area contributed by atoms with Crippen molar-refractivity contribution in [1.29, 1.82) is 0 Å². The SMILES string of the molecule is COSC(=O)SSCCOCCSSC(=O)SOC. The highest BCUT2D eigenvalue weighted by molar-refractivity contribution is 8.86. The van der Waals surface area contributed by atoms with Crippen LogP contribution in [0.2, 0.25) is 0 Å². The van der Waals surface area contributed by atoms with E-state index in [4.69, 9.17) is 4.74 Å². The van der Waals surface area contributed by atoms with Crippen LogP contribution in [-0.2, 0) is 13.1 Å². The van der Waals surface area contributed by atoms with Crippen molar-refractivity contribution in [2.75, 3.05) is 38.9 Å². The van der Waals surface area contributed by atoms with Crippen molar-refractivity contribution in [3.63, 3.8) is 0 Å². The fourth-order valence-corrected chi connectivity index (χ4v) is 5.12. The molecule has 0 aromatic carbocycles. The van der Waals surface area contributed by atoms with E-state index in [9.17, 15) is 9.59 Å². The zero-order chi connectivity index (χ0) is 14.3. The predicted octanol–water partition coefficient (Wildman–Crippen LogP) is 4.60. The van der Waals surface area contributed by atoms with E-state index in [-0.39, 0.29) is 8.89 Å². The first-order valence-electron chi connectivity index (χ1n) is 4.86. The summed E-state index contributed by atoms with van der Waals surface area (Å²) in [7, 11) is 8.07. The maximum absolute atomic E-state index is 11.0. The fourth-order valence-electron chi connectivity index (χ4n) is 0.631. The lowest BCUT2D eigenvalue weighted by Gasteiger charge is -2.02. The summed E-state index contributed by atoms with van der Waals surface area (Å²) in [6.07, 6.45) is 0. The molecule has 0 saturated heterocycles. The summed E-state index contributed by atoms with van der Waals surface area (Å²) >= 11 is 1.65. The van der Waals surface area contributed by atoms with Gasteiger partial charge in [-0.25, -0.2) is 0 Å². The van der Waals surface area contributed by atoms with Crippen LogP contribution in [-0.4, -0.2) is 47.8 Å². The van der Waals surface area contributed by atoms with E-state index in [0.29, 0.717) is 13.2 Å². The largest absolute Gasteiger partial charge is 0.380 e. The molecule has 0 aromatic heterocycles. The third kappa shape index (κ3) is 15.5. The van der Waals surface area contributed by atoms with Gasteiger partial charge in [0.2, 0.25) is 0 Å². The molecule has 0 saturated carbocycles. The Kier molecular flexibility index (Phi) is 16.8. The minimum atomic E-state index is -0.0754. The number of hydrogen-bond acceptors (Lipinski definition) is 11. The van der Waals surface area contributed by atoms with E-state index in [1.807, 2.05) is 0 Å². The number of rotatable bonds is 10. The van der Waals surface area contributed by atoms with E-state index in [1.165, 1.54) is 35.8 Å². The lowest BCUT2D eigenvalue weighted by atomic mass is 10.8. The number of carbonyl (C=O) groups is 2. The van der Waals surface area contributed by atoms with E-state index < -0.39 is 0 Å². The van der Waals surface area contributed by atoms with Crippen molar-refractivity contribution in [3.05, 3.63) is 0 Å². The maximum Gasteiger partial charge on any atom is 0.283 e. The third-order valence-corrected chi connectivity index (χ3v) is 7.12. The van der Waals surface area contributed by atoms with Crippen LogP contribution in [0.15, 0.2) is 0 Å². The molecule has 112 valence electrons. The van der Waals surface area contributed by atoms with Gasteiger partial charge in [0.05, 0.1) is 51.5 Å². The first-order chi connectivity index (χ1) is 9.20. The Labute approximate surface area is 137 Å². The second-order valence-electron chi connectivity index (χ2n) is 2.42. The molecule has 0 N–H and O–H groups in total. The minimum Gasteiger partial charge on any atom is -0.380 e. The van der Waals surface area contributed by atoms with Crippen LogP contribution in [0, 0.1) is 0 Å². The van der Waals surface area contributed by atoms with Crippen molar-refractivity contribution < 1.29 is 22.7 Å². The van der Waals surface area contributed by atoms with Crippen LogP contribution in [0.1, 0.15) is 0 Å². The van der Waals surface area contributed by atoms with Gasteiger partial charge in [-0.1, -0.05) is 21.6 Å². The van der Waals surface area contributed by atoms with Crippen molar-refractivity contribution in [3.8, 4) is 0 Å². The van der Waals surface area contributed by atoms with Gasteiger partial charge in [-0.15, -0.1) is 0 Å². The second-order valence-corrected chi connectivity index (χ2v) is 9.46. The van der Waals surface area contributed by atoms with Gasteiger partial charge < -0.3 is 13.1 Å². The minimum absolute atomic E-state index is 0.0754. The average Bonchev–Trinajstić information content (AvgIpc) is 2.37. The van der Waals surface area contributed by atoms with Gasteiger partial charge in [-0.05, 0) is 21.6 Å². The number of hydrogen-bond donors (Lipinski definition) is 0. The van der Waals surface area contributed by atoms with Crippen LogP contribution in [0.4, 0.5) is 9.59 Å². The van der Waals surface area contributed by atoms with Crippen LogP contribution >= 0.6 is 67.3 Å². The molecule has 0 aromatic rings. The van der Waals surface area contributed by atoms with Gasteiger partial charge in [0.25, 0.3) is 8.89 Å². The molecule has 0 atom stereocenters. The quantitative estimate of drug-likeness (QED) is 0.303. The molecular weight excluding hydrogens is 368 g/mol. The van der Waals surface area contributed by atoms with Gasteiger partial charge in [0.15, 0.2) is 0 Å². The number of carbonyl (C=O) groups excluding carboxylic acids is 2. The van der Waals surface area contributed by atoms with Crippen molar-refractivity contribution >= 4 is 76.2 Å². The van der Waals surface area contributed by atoms with Crippen LogP contribution < -0.4 is 0 Å². The van der Waals surface area contributed by atoms with Crippen molar-refractivity contribution in [1.82, 2.24) is 0 Å². The molecule has 5 nitrogen and oxygen atoms in total. The van der Waals surface area contributed by atoms with Crippen LogP contribution in [0.5, 0.6) is 0 Å². The standard InChI is InChI=1S/C8H14O5S6/c1-11-16-7(9)18-14-5-3-13-4-6-15-19-8(10)17-12-2/h3-6H2,1-2H3. The Morgan fingerprint density at radius 1 is 0.842 bits per heavy atom. The zero-order valence-electron chi connectivity index (χ0n) is 10.3. The summed E-state index contributed by atoms with van der Waals surface area (Å²) in [6.45, 7) is 1.16. The lowest BCUT2D eigenvalue weighted by molar-refractivity contribution is 0.167. The highest BCUT2D eigenvalue weighted by atomic mass is 33.1. The van der Waals surface area contributed by atoms with Gasteiger partial charge in [-0.2, -0.15) is 0 Å². The normalized spacial score (nSPS) is 10.6. The van der Waals surface area contributed by atoms with E-state index >= 15 is 0 Å².